The van der Waals surface area contributed by atoms with Crippen molar-refractivity contribution >= 4 is 39.9 Å². The summed E-state index contributed by atoms with van der Waals surface area (Å²) in [5, 5.41) is 7.25. The van der Waals surface area contributed by atoms with Crippen molar-refractivity contribution in [2.75, 3.05) is 24.6 Å². The van der Waals surface area contributed by atoms with Crippen molar-refractivity contribution in [2.24, 2.45) is 5.10 Å². The van der Waals surface area contributed by atoms with Crippen LogP contribution in [0.25, 0.3) is 10.6 Å². The second kappa shape index (κ2) is 9.07. The summed E-state index contributed by atoms with van der Waals surface area (Å²) in [4.78, 5) is 21.8. The predicted molar refractivity (Wildman–Crippen MR) is 124 cm³/mol. The summed E-state index contributed by atoms with van der Waals surface area (Å²) in [5.74, 6) is 0.862. The van der Waals surface area contributed by atoms with Gasteiger partial charge >= 0.3 is 0 Å². The van der Waals surface area contributed by atoms with Gasteiger partial charge in [0.2, 0.25) is 6.10 Å². The molecule has 0 radical (unpaired) electrons. The van der Waals surface area contributed by atoms with Crippen molar-refractivity contribution in [2.45, 2.75) is 25.4 Å². The Morgan fingerprint density at radius 2 is 2.00 bits per heavy atom. The fraction of sp³-hybridized carbons (Fsp3) is 0.318. The first-order valence-corrected chi connectivity index (χ1v) is 12.0. The van der Waals surface area contributed by atoms with Gasteiger partial charge in [0.05, 0.1) is 16.0 Å². The Morgan fingerprint density at radius 1 is 1.16 bits per heavy atom. The van der Waals surface area contributed by atoms with Gasteiger partial charge in [0, 0.05) is 13.1 Å². The fourth-order valence-corrected chi connectivity index (χ4v) is 5.39. The molecule has 1 fully saturated rings. The summed E-state index contributed by atoms with van der Waals surface area (Å²) < 4.78 is 11.3. The van der Waals surface area contributed by atoms with Crippen molar-refractivity contribution < 1.29 is 14.3 Å². The zero-order valence-corrected chi connectivity index (χ0v) is 18.5. The lowest BCUT2D eigenvalue weighted by atomic mass is 10.1. The molecule has 2 aromatic heterocycles. The highest BCUT2D eigenvalue weighted by Crippen LogP contribution is 2.35. The predicted octanol–water partition coefficient (Wildman–Crippen LogP) is 4.15. The average Bonchev–Trinajstić information content (AvgIpc) is 3.49. The molecule has 1 N–H and O–H groups in total. The van der Waals surface area contributed by atoms with Gasteiger partial charge < -0.3 is 14.4 Å². The Hall–Kier alpha value is -2.91. The molecule has 0 spiro atoms. The normalized spacial score (nSPS) is 18.3. The molecule has 5 rings (SSSR count). The first-order chi connectivity index (χ1) is 15.3. The van der Waals surface area contributed by atoms with E-state index in [1.807, 2.05) is 29.6 Å². The number of aromatic nitrogens is 1. The van der Waals surface area contributed by atoms with Crippen LogP contribution in [0.3, 0.4) is 0 Å². The minimum absolute atomic E-state index is 0.151. The number of thiophene rings is 1. The van der Waals surface area contributed by atoms with Crippen LogP contribution in [0.2, 0.25) is 0 Å². The van der Waals surface area contributed by atoms with Crippen LogP contribution in [0.5, 0.6) is 11.5 Å². The van der Waals surface area contributed by atoms with E-state index in [1.165, 1.54) is 19.3 Å². The van der Waals surface area contributed by atoms with E-state index in [9.17, 15) is 4.79 Å². The standard InChI is InChI=1S/C22H22N4O3S2/c27-21(17-14-28-15-7-2-3-8-16(15)29-17)25-23-13-19-20(18-9-6-12-30-18)24-22(31-19)26-10-4-1-5-11-26/h2-3,6-9,12-13,17H,1,4-5,10-11,14H2,(H,25,27)/b23-13+. The quantitative estimate of drug-likeness (QED) is 0.463. The van der Waals surface area contributed by atoms with Gasteiger partial charge in [0.25, 0.3) is 5.91 Å². The Balaban J connectivity index is 1.30. The van der Waals surface area contributed by atoms with Gasteiger partial charge in [-0.3, -0.25) is 4.79 Å². The second-order valence-corrected chi connectivity index (χ2v) is 9.29. The van der Waals surface area contributed by atoms with E-state index < -0.39 is 6.10 Å². The van der Waals surface area contributed by atoms with Crippen LogP contribution in [0, 0.1) is 0 Å². The number of amides is 1. The van der Waals surface area contributed by atoms with Gasteiger partial charge in [-0.2, -0.15) is 5.10 Å². The molecule has 0 saturated carbocycles. The molecule has 9 heteroatoms. The first kappa shape index (κ1) is 20.0. The van der Waals surface area contributed by atoms with Crippen molar-refractivity contribution in [3.63, 3.8) is 0 Å². The highest BCUT2D eigenvalue weighted by molar-refractivity contribution is 7.18. The molecule has 4 heterocycles. The van der Waals surface area contributed by atoms with Crippen LogP contribution in [0.15, 0.2) is 46.9 Å². The topological polar surface area (TPSA) is 76.1 Å². The molecule has 0 bridgehead atoms. The summed E-state index contributed by atoms with van der Waals surface area (Å²) in [6.45, 7) is 2.22. The number of anilines is 1. The van der Waals surface area contributed by atoms with Crippen molar-refractivity contribution in [1.29, 1.82) is 0 Å². The number of nitrogens with zero attached hydrogens (tertiary/aromatic N) is 3. The number of carbonyl (C=O) groups excluding carboxylic acids is 1. The lowest BCUT2D eigenvalue weighted by Gasteiger charge is -2.25. The minimum atomic E-state index is -0.741. The Morgan fingerprint density at radius 3 is 2.81 bits per heavy atom. The molecule has 7 nitrogen and oxygen atoms in total. The molecule has 1 unspecified atom stereocenters. The zero-order chi connectivity index (χ0) is 21.0. The number of piperidine rings is 1. The van der Waals surface area contributed by atoms with Crippen molar-refractivity contribution in [1.82, 2.24) is 10.4 Å². The first-order valence-electron chi connectivity index (χ1n) is 10.3. The van der Waals surface area contributed by atoms with E-state index in [-0.39, 0.29) is 12.5 Å². The molecule has 1 atom stereocenters. The van der Waals surface area contributed by atoms with Gasteiger partial charge in [-0.1, -0.05) is 29.5 Å². The number of hydrogen-bond donors (Lipinski definition) is 1. The van der Waals surface area contributed by atoms with E-state index in [0.29, 0.717) is 11.5 Å². The Kier molecular flexibility index (Phi) is 5.86. The molecule has 1 amide bonds. The monoisotopic (exact) mass is 454 g/mol. The van der Waals surface area contributed by atoms with E-state index in [4.69, 9.17) is 14.5 Å². The third-order valence-electron chi connectivity index (χ3n) is 5.18. The second-order valence-electron chi connectivity index (χ2n) is 7.33. The van der Waals surface area contributed by atoms with Crippen LogP contribution in [0.4, 0.5) is 5.13 Å². The summed E-state index contributed by atoms with van der Waals surface area (Å²) >= 11 is 3.25. The zero-order valence-electron chi connectivity index (χ0n) is 16.8. The van der Waals surface area contributed by atoms with Gasteiger partial charge in [-0.05, 0) is 42.8 Å². The molecule has 160 valence electrons. The Bertz CT molecular complexity index is 1070. The van der Waals surface area contributed by atoms with E-state index in [0.717, 1.165) is 33.7 Å². The number of para-hydroxylation sites is 2. The number of rotatable bonds is 5. The number of carbonyl (C=O) groups is 1. The van der Waals surface area contributed by atoms with Gasteiger partial charge in [0.1, 0.15) is 12.3 Å². The van der Waals surface area contributed by atoms with Crippen LogP contribution in [0.1, 0.15) is 24.1 Å². The number of benzene rings is 1. The summed E-state index contributed by atoms with van der Waals surface area (Å²) in [7, 11) is 0. The van der Waals surface area contributed by atoms with Crippen LogP contribution in [-0.2, 0) is 4.79 Å². The molecule has 2 aliphatic heterocycles. The van der Waals surface area contributed by atoms with Crippen LogP contribution < -0.4 is 19.8 Å². The van der Waals surface area contributed by atoms with Gasteiger partial charge in [-0.25, -0.2) is 10.4 Å². The summed E-state index contributed by atoms with van der Waals surface area (Å²) in [6, 6.07) is 11.4. The van der Waals surface area contributed by atoms with Crippen LogP contribution in [-0.4, -0.2) is 42.9 Å². The largest absolute Gasteiger partial charge is 0.485 e. The molecule has 1 saturated heterocycles. The number of ether oxygens (including phenoxy) is 2. The highest BCUT2D eigenvalue weighted by Gasteiger charge is 2.27. The lowest BCUT2D eigenvalue weighted by molar-refractivity contribution is -0.130. The third kappa shape index (κ3) is 4.42. The number of thiazole rings is 1. The molecule has 2 aliphatic rings. The Labute approximate surface area is 188 Å². The maximum Gasteiger partial charge on any atom is 0.284 e. The maximum atomic E-state index is 12.5. The third-order valence-corrected chi connectivity index (χ3v) is 7.11. The number of hydrogen-bond acceptors (Lipinski definition) is 8. The van der Waals surface area contributed by atoms with E-state index in [1.54, 1.807) is 35.0 Å². The number of hydrazone groups is 1. The fourth-order valence-electron chi connectivity index (χ4n) is 3.59. The molecule has 31 heavy (non-hydrogen) atoms. The average molecular weight is 455 g/mol. The molecule has 0 aliphatic carbocycles. The van der Waals surface area contributed by atoms with Gasteiger partial charge in [-0.15, -0.1) is 11.3 Å². The van der Waals surface area contributed by atoms with Gasteiger partial charge in [0.15, 0.2) is 16.6 Å². The van der Waals surface area contributed by atoms with Crippen molar-refractivity contribution in [3.05, 3.63) is 46.7 Å². The maximum absolute atomic E-state index is 12.5. The van der Waals surface area contributed by atoms with E-state index >= 15 is 0 Å². The number of nitrogens with one attached hydrogen (secondary N) is 1. The van der Waals surface area contributed by atoms with Crippen molar-refractivity contribution in [3.8, 4) is 22.1 Å². The van der Waals surface area contributed by atoms with Crippen LogP contribution >= 0.6 is 22.7 Å². The molecule has 1 aromatic carbocycles. The summed E-state index contributed by atoms with van der Waals surface area (Å²) in [6.07, 6.45) is 4.60. The molecule has 3 aromatic rings. The SMILES string of the molecule is O=C(N/N=C/c1sc(N2CCCCC2)nc1-c1cccs1)C1COc2ccccc2O1. The molecular weight excluding hydrogens is 432 g/mol. The molecular formula is C22H22N4O3S2. The highest BCUT2D eigenvalue weighted by atomic mass is 32.1. The number of fused-ring (bicyclic) bond motifs is 1. The van der Waals surface area contributed by atoms with E-state index in [2.05, 4.69) is 21.5 Å². The summed E-state index contributed by atoms with van der Waals surface area (Å²) in [5.41, 5.74) is 3.49. The lowest BCUT2D eigenvalue weighted by Crippen LogP contribution is -2.42. The smallest absolute Gasteiger partial charge is 0.284 e. The minimum Gasteiger partial charge on any atom is -0.485 e.